The maximum absolute atomic E-state index is 13.0. The standard InChI is InChI=1S/C34H24N6O11S2.C12H27NO6.Na/c41-31-25-12-10-23(14-19(25)16-27(52(46,47)48)29(31)39-37-21-4-2-1-3-5-21)35-34(45)36-24-11-13-26-20(15-24)17-28(53(49,50)51)30(32(26)42)40-38-22-8-6-18(7-9-22)33(43)44;14-4-10-17-7-1-13(2-8-18-11-5-15)3-9-19-12-6-16;/h1-17,41-42H,(H,43,44)(H2,35,36,45)(H,46,47,48)(H,49,50,51);14-16H,1-12H2;/q;;+1/p-1. The van der Waals surface area contributed by atoms with Crippen LogP contribution in [0.25, 0.3) is 21.5 Å². The number of aliphatic hydroxyl groups is 3. The summed E-state index contributed by atoms with van der Waals surface area (Å²) in [6.45, 7) is 4.92. The van der Waals surface area contributed by atoms with Crippen LogP contribution in [0.1, 0.15) is 10.4 Å². The molecular weight excluding hydrogens is 1010 g/mol. The van der Waals surface area contributed by atoms with Gasteiger partial charge < -0.3 is 60.3 Å². The Morgan fingerprint density at radius 2 is 0.945 bits per heavy atom. The third-order valence-corrected chi connectivity index (χ3v) is 11.7. The van der Waals surface area contributed by atoms with Crippen LogP contribution in [-0.4, -0.2) is 147 Å². The molecule has 0 aliphatic carbocycles. The van der Waals surface area contributed by atoms with Crippen molar-refractivity contribution in [2.24, 2.45) is 20.5 Å². The summed E-state index contributed by atoms with van der Waals surface area (Å²) in [6, 6.07) is 22.5. The van der Waals surface area contributed by atoms with E-state index in [1.165, 1.54) is 60.7 Å². The number of azo groups is 2. The number of aromatic hydroxyl groups is 2. The molecule has 0 saturated heterocycles. The number of rotatable bonds is 24. The van der Waals surface area contributed by atoms with Gasteiger partial charge in [0.25, 0.3) is 20.2 Å². The van der Waals surface area contributed by atoms with E-state index >= 15 is 0 Å². The van der Waals surface area contributed by atoms with Gasteiger partial charge in [0.15, 0.2) is 11.5 Å². The second-order valence-electron chi connectivity index (χ2n) is 15.0. The van der Waals surface area contributed by atoms with Crippen molar-refractivity contribution in [3.05, 3.63) is 109 Å². The number of nitrogens with one attached hydrogen (secondary N) is 2. The summed E-state index contributed by atoms with van der Waals surface area (Å²) in [6.07, 6.45) is 0. The average Bonchev–Trinajstić information content (AvgIpc) is 3.34. The Balaban J connectivity index is 0.000000491. The molecule has 6 aromatic carbocycles. The number of fused-ring (bicyclic) bond motifs is 2. The topological polar surface area (TPSA) is 372 Å². The number of aliphatic hydroxyl groups excluding tert-OH is 3. The van der Waals surface area contributed by atoms with Crippen LogP contribution in [-0.2, 0) is 34.4 Å². The molecule has 6 rings (SSSR count). The van der Waals surface area contributed by atoms with E-state index in [9.17, 15) is 50.8 Å². The zero-order chi connectivity index (χ0) is 52.3. The molecule has 0 spiro atoms. The first-order chi connectivity index (χ1) is 34.4. The number of phenolic OH excluding ortho intramolecular Hbond substituents is 2. The maximum Gasteiger partial charge on any atom is 1.00 e. The van der Waals surface area contributed by atoms with Crippen LogP contribution in [0.15, 0.2) is 133 Å². The van der Waals surface area contributed by atoms with Crippen molar-refractivity contribution in [3.63, 3.8) is 0 Å². The number of urea groups is 1. The Morgan fingerprint density at radius 1 is 0.548 bits per heavy atom. The first kappa shape index (κ1) is 59.5. The average molecular weight is 1060 g/mol. The summed E-state index contributed by atoms with van der Waals surface area (Å²) in [4.78, 5) is 24.5. The van der Waals surface area contributed by atoms with Crippen molar-refractivity contribution < 1.29 is 110 Å². The van der Waals surface area contributed by atoms with Crippen molar-refractivity contribution in [1.29, 1.82) is 0 Å². The van der Waals surface area contributed by atoms with Crippen LogP contribution in [0.2, 0.25) is 0 Å². The summed E-state index contributed by atoms with van der Waals surface area (Å²) in [7, 11) is -9.88. The monoisotopic (exact) mass is 1060 g/mol. The molecule has 384 valence electrons. The molecule has 73 heavy (non-hydrogen) atoms. The van der Waals surface area contributed by atoms with E-state index in [1.54, 1.807) is 30.3 Å². The van der Waals surface area contributed by atoms with Crippen molar-refractivity contribution in [3.8, 4) is 11.5 Å². The number of hydrogen-bond donors (Lipinski definition) is 9. The molecule has 2 amide bonds. The zero-order valence-corrected chi connectivity index (χ0v) is 42.7. The Hall–Kier alpha value is -6.08. The summed E-state index contributed by atoms with van der Waals surface area (Å²) in [5.41, 5.74) is -0.550. The van der Waals surface area contributed by atoms with Gasteiger partial charge in [-0.05, 0) is 89.1 Å². The van der Waals surface area contributed by atoms with Crippen molar-refractivity contribution in [2.45, 2.75) is 9.79 Å². The maximum atomic E-state index is 13.0. The van der Waals surface area contributed by atoms with Crippen LogP contribution in [0, 0.1) is 0 Å². The van der Waals surface area contributed by atoms with Crippen LogP contribution >= 0.6 is 0 Å². The number of aromatic carboxylic acids is 1. The number of phenols is 2. The third kappa shape index (κ3) is 18.1. The van der Waals surface area contributed by atoms with E-state index in [2.05, 4.69) is 36.0 Å². The molecule has 0 saturated carbocycles. The minimum atomic E-state index is -4.98. The van der Waals surface area contributed by atoms with Gasteiger partial charge in [0.05, 0.1) is 76.8 Å². The van der Waals surface area contributed by atoms with Crippen molar-refractivity contribution in [1.82, 2.24) is 4.90 Å². The van der Waals surface area contributed by atoms with Crippen LogP contribution in [0.5, 0.6) is 11.5 Å². The number of carboxylic acid groups (broad SMARTS) is 1. The van der Waals surface area contributed by atoms with Gasteiger partial charge in [-0.15, -0.1) is 10.2 Å². The summed E-state index contributed by atoms with van der Waals surface area (Å²) in [5.74, 6) is -2.69. The van der Waals surface area contributed by atoms with E-state index in [1.807, 2.05) is 0 Å². The van der Waals surface area contributed by atoms with Crippen LogP contribution in [0.4, 0.5) is 38.9 Å². The molecule has 0 atom stereocenters. The number of ether oxygens (including phenoxy) is 3. The first-order valence-corrected chi connectivity index (χ1v) is 24.4. The van der Waals surface area contributed by atoms with Gasteiger partial charge in [0.2, 0.25) is 0 Å². The van der Waals surface area contributed by atoms with Gasteiger partial charge in [0.1, 0.15) is 21.2 Å². The molecule has 9 N–H and O–H groups in total. The molecule has 0 heterocycles. The molecule has 0 bridgehead atoms. The van der Waals surface area contributed by atoms with E-state index in [-0.39, 0.29) is 93.5 Å². The van der Waals surface area contributed by atoms with Gasteiger partial charge >= 0.3 is 35.6 Å². The van der Waals surface area contributed by atoms with Crippen LogP contribution < -0.4 is 45.3 Å². The minimum absolute atomic E-state index is 0. The second-order valence-corrected chi connectivity index (χ2v) is 17.7. The Morgan fingerprint density at radius 3 is 1.32 bits per heavy atom. The van der Waals surface area contributed by atoms with Gasteiger partial charge in [-0.3, -0.25) is 14.0 Å². The molecular formula is C46H50N7NaO17S2. The molecule has 0 fully saturated rings. The molecule has 0 aromatic heterocycles. The Labute approximate surface area is 440 Å². The molecule has 27 heteroatoms. The molecule has 0 unspecified atom stereocenters. The predicted molar refractivity (Wildman–Crippen MR) is 259 cm³/mol. The normalized spacial score (nSPS) is 11.8. The summed E-state index contributed by atoms with van der Waals surface area (Å²) >= 11 is 0. The molecule has 24 nitrogen and oxygen atoms in total. The number of hydrogen-bond acceptors (Lipinski definition) is 20. The first-order valence-electron chi connectivity index (χ1n) is 21.5. The van der Waals surface area contributed by atoms with E-state index in [4.69, 9.17) is 29.5 Å². The smallest absolute Gasteiger partial charge is 0.545 e. The van der Waals surface area contributed by atoms with Gasteiger partial charge in [-0.1, -0.05) is 30.3 Å². The zero-order valence-electron chi connectivity index (χ0n) is 39.1. The fourth-order valence-electron chi connectivity index (χ4n) is 6.53. The number of carboxylic acids is 1. The quantitative estimate of drug-likeness (QED) is 0.0181. The van der Waals surface area contributed by atoms with Crippen LogP contribution in [0.3, 0.4) is 0 Å². The fraction of sp³-hybridized carbons (Fsp3) is 0.261. The molecule has 0 aliphatic heterocycles. The summed E-state index contributed by atoms with van der Waals surface area (Å²) < 4.78 is 84.4. The minimum Gasteiger partial charge on any atom is -0.545 e. The molecule has 6 aromatic rings. The van der Waals surface area contributed by atoms with E-state index in [0.717, 1.165) is 31.8 Å². The SMILES string of the molecule is O=C(Nc1ccc2c(O)c(N=Nc3ccccc3)c(S(=O)(=O)O)cc2c1)Nc1ccc2c(O)c(N=Nc3ccc(C(=O)[O-])cc3)c(S(=O)(=O)O)cc2c1.OCCOCCN(CCOCCO)CCOCCO.[Na+]. The third-order valence-electron chi connectivity index (χ3n) is 9.93. The van der Waals surface area contributed by atoms with Gasteiger partial charge in [-0.25, -0.2) is 4.79 Å². The number of carbonyl (C=O) groups is 2. The number of benzene rings is 6. The largest absolute Gasteiger partial charge is 1.00 e. The summed E-state index contributed by atoms with van der Waals surface area (Å²) in [5, 5.41) is 79.4. The second kappa shape index (κ2) is 29.0. The van der Waals surface area contributed by atoms with E-state index < -0.39 is 64.9 Å². The van der Waals surface area contributed by atoms with Gasteiger partial charge in [-0.2, -0.15) is 27.1 Å². The number of anilines is 2. The van der Waals surface area contributed by atoms with Gasteiger partial charge in [0, 0.05) is 41.8 Å². The number of nitrogens with zero attached hydrogens (tertiary/aromatic N) is 5. The molecule has 0 aliphatic rings. The molecule has 0 radical (unpaired) electrons. The van der Waals surface area contributed by atoms with E-state index in [0.29, 0.717) is 45.3 Å². The van der Waals surface area contributed by atoms with Crippen molar-refractivity contribution in [2.75, 3.05) is 89.7 Å². The van der Waals surface area contributed by atoms with Crippen molar-refractivity contribution >= 4 is 87.9 Å². The Kier molecular flexibility index (Phi) is 23.6. The number of carbonyl (C=O) groups excluding carboxylic acids is 2. The predicted octanol–water partition coefficient (Wildman–Crippen LogP) is 2.06. The Bertz CT molecular complexity index is 3070. The fourth-order valence-corrected chi connectivity index (χ4v) is 7.84. The number of amides is 2.